The van der Waals surface area contributed by atoms with Crippen molar-refractivity contribution in [3.8, 4) is 0 Å². The van der Waals surface area contributed by atoms with Gasteiger partial charge in [0.15, 0.2) is 0 Å². The van der Waals surface area contributed by atoms with E-state index in [1.165, 1.54) is 7.11 Å². The summed E-state index contributed by atoms with van der Waals surface area (Å²) in [6.45, 7) is 0.204. The first-order valence-corrected chi connectivity index (χ1v) is 5.38. The Hall–Kier alpha value is -1.01. The molecule has 0 heterocycles. The van der Waals surface area contributed by atoms with E-state index in [0.29, 0.717) is 0 Å². The number of hydrogen-bond acceptors (Lipinski definition) is 4. The van der Waals surface area contributed by atoms with Crippen molar-refractivity contribution < 1.29 is 9.53 Å². The largest absolute Gasteiger partial charge is 0.383 e. The Morgan fingerprint density at radius 2 is 1.95 bits per heavy atom. The van der Waals surface area contributed by atoms with E-state index < -0.39 is 6.04 Å². The van der Waals surface area contributed by atoms with E-state index in [2.05, 4.69) is 5.32 Å². The minimum atomic E-state index is -0.657. The standard InChI is InChI=1S/C12H19N3O2.2ClH/c1-15(2)11-7-5-4-6-10(11)14-12(16)9(13)8-17-3;;/h4-7,9H,8,13H2,1-3H3,(H,14,16);2*1H. The molecule has 0 saturated carbocycles. The molecule has 0 aliphatic carbocycles. The van der Waals surface area contributed by atoms with E-state index in [0.717, 1.165) is 11.4 Å². The Morgan fingerprint density at radius 1 is 1.37 bits per heavy atom. The van der Waals surface area contributed by atoms with Crippen molar-refractivity contribution in [3.05, 3.63) is 24.3 Å². The molecule has 5 nitrogen and oxygen atoms in total. The fourth-order valence-electron chi connectivity index (χ4n) is 1.45. The molecule has 0 spiro atoms. The third kappa shape index (κ3) is 6.11. The van der Waals surface area contributed by atoms with Crippen molar-refractivity contribution in [1.29, 1.82) is 0 Å². The first-order chi connectivity index (χ1) is 8.06. The normalized spacial score (nSPS) is 10.7. The molecule has 0 aliphatic rings. The average molecular weight is 310 g/mol. The number of nitrogens with one attached hydrogen (secondary N) is 1. The predicted octanol–water partition coefficient (Wildman–Crippen LogP) is 1.51. The molecule has 7 heteroatoms. The van der Waals surface area contributed by atoms with Crippen molar-refractivity contribution in [3.63, 3.8) is 0 Å². The van der Waals surface area contributed by atoms with Crippen LogP contribution in [0.4, 0.5) is 11.4 Å². The number of hydrogen-bond donors (Lipinski definition) is 2. The van der Waals surface area contributed by atoms with Crippen LogP contribution < -0.4 is 16.0 Å². The molecule has 0 fully saturated rings. The van der Waals surface area contributed by atoms with Gasteiger partial charge in [0.25, 0.3) is 0 Å². The van der Waals surface area contributed by atoms with Crippen LogP contribution in [0.2, 0.25) is 0 Å². The van der Waals surface area contributed by atoms with Crippen molar-refractivity contribution in [2.75, 3.05) is 38.0 Å². The van der Waals surface area contributed by atoms with Gasteiger partial charge in [0, 0.05) is 21.2 Å². The summed E-state index contributed by atoms with van der Waals surface area (Å²) in [5.41, 5.74) is 7.33. The highest BCUT2D eigenvalue weighted by Gasteiger charge is 2.14. The van der Waals surface area contributed by atoms with Gasteiger partial charge in [0.05, 0.1) is 18.0 Å². The smallest absolute Gasteiger partial charge is 0.243 e. The van der Waals surface area contributed by atoms with Crippen molar-refractivity contribution in [2.24, 2.45) is 5.73 Å². The Kier molecular flexibility index (Phi) is 10.5. The maximum Gasteiger partial charge on any atom is 0.243 e. The lowest BCUT2D eigenvalue weighted by Gasteiger charge is -2.19. The second kappa shape index (κ2) is 9.86. The molecular weight excluding hydrogens is 289 g/mol. The van der Waals surface area contributed by atoms with Gasteiger partial charge in [-0.25, -0.2) is 0 Å². The molecule has 1 aromatic carbocycles. The van der Waals surface area contributed by atoms with E-state index >= 15 is 0 Å². The molecule has 1 aromatic rings. The van der Waals surface area contributed by atoms with Crippen molar-refractivity contribution in [2.45, 2.75) is 6.04 Å². The van der Waals surface area contributed by atoms with Gasteiger partial charge in [0.2, 0.25) is 5.91 Å². The minimum Gasteiger partial charge on any atom is -0.383 e. The fraction of sp³-hybridized carbons (Fsp3) is 0.417. The maximum atomic E-state index is 11.7. The van der Waals surface area contributed by atoms with Gasteiger partial charge >= 0.3 is 0 Å². The number of rotatable bonds is 5. The van der Waals surface area contributed by atoms with E-state index in [4.69, 9.17) is 10.5 Å². The van der Waals surface area contributed by atoms with Crippen LogP contribution >= 0.6 is 24.8 Å². The van der Waals surface area contributed by atoms with E-state index in [-0.39, 0.29) is 37.3 Å². The lowest BCUT2D eigenvalue weighted by Crippen LogP contribution is -2.39. The Bertz CT molecular complexity index is 389. The predicted molar refractivity (Wildman–Crippen MR) is 83.7 cm³/mol. The number of para-hydroxylation sites is 2. The summed E-state index contributed by atoms with van der Waals surface area (Å²) in [5, 5.41) is 2.79. The number of benzene rings is 1. The first-order valence-electron chi connectivity index (χ1n) is 5.38. The average Bonchev–Trinajstić information content (AvgIpc) is 2.29. The zero-order valence-corrected chi connectivity index (χ0v) is 12.9. The molecule has 0 saturated heterocycles. The maximum absolute atomic E-state index is 11.7. The third-order valence-corrected chi connectivity index (χ3v) is 2.33. The van der Waals surface area contributed by atoms with E-state index in [1.54, 1.807) is 0 Å². The topological polar surface area (TPSA) is 67.6 Å². The number of carbonyl (C=O) groups excluding carboxylic acids is 1. The molecule has 19 heavy (non-hydrogen) atoms. The number of nitrogens with zero attached hydrogens (tertiary/aromatic N) is 1. The van der Waals surface area contributed by atoms with Crippen LogP contribution in [0.1, 0.15) is 0 Å². The molecule has 1 amide bonds. The summed E-state index contributed by atoms with van der Waals surface area (Å²) in [7, 11) is 5.35. The Labute approximate surface area is 126 Å². The van der Waals surface area contributed by atoms with Gasteiger partial charge < -0.3 is 20.7 Å². The van der Waals surface area contributed by atoms with Gasteiger partial charge in [-0.2, -0.15) is 0 Å². The van der Waals surface area contributed by atoms with Gasteiger partial charge in [0.1, 0.15) is 6.04 Å². The molecule has 0 radical (unpaired) electrons. The number of carbonyl (C=O) groups is 1. The molecule has 1 rings (SSSR count). The van der Waals surface area contributed by atoms with Crippen LogP contribution in [0.15, 0.2) is 24.3 Å². The molecule has 110 valence electrons. The highest BCUT2D eigenvalue weighted by atomic mass is 35.5. The van der Waals surface area contributed by atoms with Crippen LogP contribution in [0.5, 0.6) is 0 Å². The molecule has 1 atom stereocenters. The SMILES string of the molecule is COCC(N)C(=O)Nc1ccccc1N(C)C.Cl.Cl. The lowest BCUT2D eigenvalue weighted by molar-refractivity contribution is -0.118. The first kappa shape index (κ1) is 20.3. The quantitative estimate of drug-likeness (QED) is 0.865. The summed E-state index contributed by atoms with van der Waals surface area (Å²) in [6, 6.07) is 6.89. The molecule has 1 unspecified atom stereocenters. The number of halogens is 2. The highest BCUT2D eigenvalue weighted by molar-refractivity contribution is 5.97. The minimum absolute atomic E-state index is 0. The lowest BCUT2D eigenvalue weighted by atomic mass is 10.2. The summed E-state index contributed by atoms with van der Waals surface area (Å²) >= 11 is 0. The molecule has 3 N–H and O–H groups in total. The number of ether oxygens (including phenoxy) is 1. The summed E-state index contributed by atoms with van der Waals surface area (Å²) < 4.78 is 4.84. The van der Waals surface area contributed by atoms with E-state index in [9.17, 15) is 4.79 Å². The Balaban J connectivity index is 0. The second-order valence-electron chi connectivity index (χ2n) is 3.96. The summed E-state index contributed by atoms with van der Waals surface area (Å²) in [6.07, 6.45) is 0. The van der Waals surface area contributed by atoms with Crippen LogP contribution in [0, 0.1) is 0 Å². The molecule has 0 aliphatic heterocycles. The number of methoxy groups -OCH3 is 1. The van der Waals surface area contributed by atoms with Crippen LogP contribution in [0.3, 0.4) is 0 Å². The summed E-state index contributed by atoms with van der Waals surface area (Å²) in [5.74, 6) is -0.249. The van der Waals surface area contributed by atoms with Gasteiger partial charge in [-0.1, -0.05) is 12.1 Å². The van der Waals surface area contributed by atoms with Crippen molar-refractivity contribution in [1.82, 2.24) is 0 Å². The van der Waals surface area contributed by atoms with Crippen LogP contribution in [-0.2, 0) is 9.53 Å². The van der Waals surface area contributed by atoms with Crippen LogP contribution in [-0.4, -0.2) is 39.8 Å². The van der Waals surface area contributed by atoms with Gasteiger partial charge in [-0.15, -0.1) is 24.8 Å². The summed E-state index contributed by atoms with van der Waals surface area (Å²) in [4.78, 5) is 13.7. The third-order valence-electron chi connectivity index (χ3n) is 2.33. The monoisotopic (exact) mass is 309 g/mol. The second-order valence-corrected chi connectivity index (χ2v) is 3.96. The molecule has 0 bridgehead atoms. The van der Waals surface area contributed by atoms with Crippen molar-refractivity contribution >= 4 is 42.1 Å². The van der Waals surface area contributed by atoms with Gasteiger partial charge in [-0.3, -0.25) is 4.79 Å². The molecular formula is C12H21Cl2N3O2. The highest BCUT2D eigenvalue weighted by Crippen LogP contribution is 2.23. The number of nitrogens with two attached hydrogens (primary N) is 1. The number of anilines is 2. The Morgan fingerprint density at radius 3 is 2.47 bits per heavy atom. The zero-order valence-electron chi connectivity index (χ0n) is 11.3. The molecule has 0 aromatic heterocycles. The van der Waals surface area contributed by atoms with Crippen LogP contribution in [0.25, 0.3) is 0 Å². The van der Waals surface area contributed by atoms with Gasteiger partial charge in [-0.05, 0) is 12.1 Å². The number of amides is 1. The zero-order chi connectivity index (χ0) is 12.8. The fourth-order valence-corrected chi connectivity index (χ4v) is 1.45. The van der Waals surface area contributed by atoms with E-state index in [1.807, 2.05) is 43.3 Å².